The number of benzene rings is 1. The molecule has 0 fully saturated rings. The highest BCUT2D eigenvalue weighted by atomic mass is 35.5. The second kappa shape index (κ2) is 7.64. The van der Waals surface area contributed by atoms with Crippen molar-refractivity contribution >= 4 is 52.4 Å². The minimum atomic E-state index is -1.06. The van der Waals surface area contributed by atoms with E-state index >= 15 is 0 Å². The summed E-state index contributed by atoms with van der Waals surface area (Å²) < 4.78 is 5.05. The number of nitrogens with one attached hydrogen (secondary N) is 1. The number of rotatable bonds is 4. The maximum Gasteiger partial charge on any atom is 0.357 e. The smallest absolute Gasteiger partial charge is 0.357 e. The van der Waals surface area contributed by atoms with Gasteiger partial charge in [0.1, 0.15) is 5.69 Å². The number of ether oxygens (including phenoxy) is 1. The topological polar surface area (TPSA) is 68.3 Å². The van der Waals surface area contributed by atoms with Gasteiger partial charge in [-0.15, -0.1) is 0 Å². The summed E-state index contributed by atoms with van der Waals surface area (Å²) in [5.41, 5.74) is 0.304. The van der Waals surface area contributed by atoms with Gasteiger partial charge in [0.2, 0.25) is 0 Å². The SMILES string of the molecule is C[C@H](OC(=O)c1ccccn1)C(=O)Nc1c(Cl)cc(Cl)cc1Cl. The van der Waals surface area contributed by atoms with Crippen molar-refractivity contribution in [3.8, 4) is 0 Å². The number of aromatic nitrogens is 1. The van der Waals surface area contributed by atoms with E-state index in [1.165, 1.54) is 31.3 Å². The molecule has 8 heteroatoms. The lowest BCUT2D eigenvalue weighted by atomic mass is 10.3. The van der Waals surface area contributed by atoms with Crippen molar-refractivity contribution in [2.45, 2.75) is 13.0 Å². The van der Waals surface area contributed by atoms with Crippen LogP contribution < -0.4 is 5.32 Å². The summed E-state index contributed by atoms with van der Waals surface area (Å²) in [7, 11) is 0. The number of carbonyl (C=O) groups is 2. The molecule has 0 saturated heterocycles. The molecule has 0 unspecified atom stereocenters. The molecule has 1 aromatic carbocycles. The molecule has 0 aliphatic rings. The standard InChI is InChI=1S/C15H11Cl3N2O3/c1-8(23-15(22)12-4-2-3-5-19-12)14(21)20-13-10(17)6-9(16)7-11(13)18/h2-8H,1H3,(H,20,21)/t8-/m0/s1. The van der Waals surface area contributed by atoms with Gasteiger partial charge in [-0.1, -0.05) is 40.9 Å². The van der Waals surface area contributed by atoms with Gasteiger partial charge in [0.25, 0.3) is 5.91 Å². The summed E-state index contributed by atoms with van der Waals surface area (Å²) in [5.74, 6) is -1.29. The molecule has 0 aliphatic heterocycles. The van der Waals surface area contributed by atoms with E-state index in [1.54, 1.807) is 12.1 Å². The van der Waals surface area contributed by atoms with Crippen molar-refractivity contribution < 1.29 is 14.3 Å². The highest BCUT2D eigenvalue weighted by Gasteiger charge is 2.21. The Bertz CT molecular complexity index is 715. The van der Waals surface area contributed by atoms with Crippen LogP contribution in [-0.2, 0) is 9.53 Å². The number of hydrogen-bond donors (Lipinski definition) is 1. The van der Waals surface area contributed by atoms with E-state index in [1.807, 2.05) is 0 Å². The molecule has 0 radical (unpaired) electrons. The Labute approximate surface area is 147 Å². The third-order valence-electron chi connectivity index (χ3n) is 2.78. The predicted octanol–water partition coefficient (Wildman–Crippen LogP) is 4.23. The number of anilines is 1. The molecule has 1 amide bonds. The second-order valence-corrected chi connectivity index (χ2v) is 5.75. The Morgan fingerprint density at radius 2 is 1.83 bits per heavy atom. The highest BCUT2D eigenvalue weighted by molar-refractivity contribution is 6.42. The molecule has 0 spiro atoms. The van der Waals surface area contributed by atoms with Crippen LogP contribution in [0.15, 0.2) is 36.5 Å². The lowest BCUT2D eigenvalue weighted by Crippen LogP contribution is -2.30. The van der Waals surface area contributed by atoms with E-state index in [0.29, 0.717) is 5.02 Å². The fourth-order valence-corrected chi connectivity index (χ4v) is 2.56. The summed E-state index contributed by atoms with van der Waals surface area (Å²) in [4.78, 5) is 27.8. The summed E-state index contributed by atoms with van der Waals surface area (Å²) >= 11 is 17.8. The molecular formula is C15H11Cl3N2O3. The summed E-state index contributed by atoms with van der Waals surface area (Å²) in [6.45, 7) is 1.42. The van der Waals surface area contributed by atoms with E-state index in [4.69, 9.17) is 39.5 Å². The molecule has 1 aromatic heterocycles. The molecule has 1 N–H and O–H groups in total. The van der Waals surface area contributed by atoms with Crippen LogP contribution in [0.1, 0.15) is 17.4 Å². The summed E-state index contributed by atoms with van der Waals surface area (Å²) in [6.07, 6.45) is 0.390. The Balaban J connectivity index is 2.05. The number of carbonyl (C=O) groups excluding carboxylic acids is 2. The minimum absolute atomic E-state index is 0.106. The van der Waals surface area contributed by atoms with Crippen molar-refractivity contribution in [2.75, 3.05) is 5.32 Å². The van der Waals surface area contributed by atoms with Gasteiger partial charge in [0.05, 0.1) is 15.7 Å². The number of halogens is 3. The zero-order chi connectivity index (χ0) is 17.0. The Kier molecular flexibility index (Phi) is 5.82. The van der Waals surface area contributed by atoms with Crippen molar-refractivity contribution in [3.63, 3.8) is 0 Å². The zero-order valence-electron chi connectivity index (χ0n) is 11.8. The molecule has 0 aliphatic carbocycles. The maximum atomic E-state index is 12.1. The average Bonchev–Trinajstić information content (AvgIpc) is 2.51. The van der Waals surface area contributed by atoms with E-state index in [2.05, 4.69) is 10.3 Å². The molecule has 0 bridgehead atoms. The molecule has 23 heavy (non-hydrogen) atoms. The largest absolute Gasteiger partial charge is 0.448 e. The monoisotopic (exact) mass is 372 g/mol. The van der Waals surface area contributed by atoms with E-state index < -0.39 is 18.0 Å². The summed E-state index contributed by atoms with van der Waals surface area (Å²) in [5, 5.41) is 3.20. The van der Waals surface area contributed by atoms with Crippen molar-refractivity contribution in [1.82, 2.24) is 4.98 Å². The molecule has 5 nitrogen and oxygen atoms in total. The van der Waals surface area contributed by atoms with Gasteiger partial charge in [-0.05, 0) is 31.2 Å². The average molecular weight is 374 g/mol. The van der Waals surface area contributed by atoms with Crippen LogP contribution in [0.2, 0.25) is 15.1 Å². The van der Waals surface area contributed by atoms with Crippen LogP contribution in [0.25, 0.3) is 0 Å². The second-order valence-electron chi connectivity index (χ2n) is 4.50. The first-order chi connectivity index (χ1) is 10.9. The van der Waals surface area contributed by atoms with Crippen LogP contribution in [0.4, 0.5) is 5.69 Å². The van der Waals surface area contributed by atoms with Gasteiger partial charge in [-0.3, -0.25) is 4.79 Å². The number of nitrogens with zero attached hydrogens (tertiary/aromatic N) is 1. The van der Waals surface area contributed by atoms with Gasteiger partial charge in [-0.2, -0.15) is 0 Å². The van der Waals surface area contributed by atoms with Gasteiger partial charge < -0.3 is 10.1 Å². The third kappa shape index (κ3) is 4.58. The molecule has 1 heterocycles. The van der Waals surface area contributed by atoms with Crippen LogP contribution in [0.3, 0.4) is 0 Å². The van der Waals surface area contributed by atoms with E-state index in [-0.39, 0.29) is 21.4 Å². The first-order valence-electron chi connectivity index (χ1n) is 6.46. The molecule has 2 rings (SSSR count). The summed E-state index contributed by atoms with van der Waals surface area (Å²) in [6, 6.07) is 7.67. The number of hydrogen-bond acceptors (Lipinski definition) is 4. The van der Waals surface area contributed by atoms with Crippen molar-refractivity contribution in [3.05, 3.63) is 57.3 Å². The van der Waals surface area contributed by atoms with E-state index in [9.17, 15) is 9.59 Å². The predicted molar refractivity (Wildman–Crippen MR) is 89.2 cm³/mol. The quantitative estimate of drug-likeness (QED) is 0.815. The van der Waals surface area contributed by atoms with Gasteiger partial charge in [-0.25, -0.2) is 9.78 Å². The van der Waals surface area contributed by atoms with Crippen LogP contribution in [0, 0.1) is 0 Å². The fraction of sp³-hybridized carbons (Fsp3) is 0.133. The molecule has 2 aromatic rings. The highest BCUT2D eigenvalue weighted by Crippen LogP contribution is 2.33. The van der Waals surface area contributed by atoms with Crippen molar-refractivity contribution in [2.24, 2.45) is 0 Å². The first kappa shape index (κ1) is 17.5. The Morgan fingerprint density at radius 3 is 2.39 bits per heavy atom. The number of esters is 1. The lowest BCUT2D eigenvalue weighted by molar-refractivity contribution is -0.123. The molecular weight excluding hydrogens is 363 g/mol. The van der Waals surface area contributed by atoms with Gasteiger partial charge in [0.15, 0.2) is 6.10 Å². The fourth-order valence-electron chi connectivity index (χ4n) is 1.64. The normalized spacial score (nSPS) is 11.7. The Hall–Kier alpha value is -1.82. The molecule has 0 saturated carbocycles. The van der Waals surface area contributed by atoms with Gasteiger partial charge in [0, 0.05) is 11.2 Å². The first-order valence-corrected chi connectivity index (χ1v) is 7.59. The zero-order valence-corrected chi connectivity index (χ0v) is 14.1. The number of amides is 1. The number of pyridine rings is 1. The van der Waals surface area contributed by atoms with Gasteiger partial charge >= 0.3 is 5.97 Å². The maximum absolute atomic E-state index is 12.1. The van der Waals surface area contributed by atoms with Crippen LogP contribution in [0.5, 0.6) is 0 Å². The molecule has 120 valence electrons. The van der Waals surface area contributed by atoms with E-state index in [0.717, 1.165) is 0 Å². The lowest BCUT2D eigenvalue weighted by Gasteiger charge is -2.15. The molecule has 1 atom stereocenters. The van der Waals surface area contributed by atoms with Crippen LogP contribution in [-0.4, -0.2) is 23.0 Å². The third-order valence-corrected chi connectivity index (χ3v) is 3.60. The Morgan fingerprint density at radius 1 is 1.17 bits per heavy atom. The van der Waals surface area contributed by atoms with Crippen molar-refractivity contribution in [1.29, 1.82) is 0 Å². The van der Waals surface area contributed by atoms with Crippen LogP contribution >= 0.6 is 34.8 Å². The minimum Gasteiger partial charge on any atom is -0.448 e.